The molecule has 0 saturated heterocycles. The topological polar surface area (TPSA) is 72.9 Å². The van der Waals surface area contributed by atoms with Gasteiger partial charge in [-0.15, -0.1) is 0 Å². The molecule has 1 aromatic heterocycles. The van der Waals surface area contributed by atoms with Gasteiger partial charge in [-0.25, -0.2) is 4.68 Å². The summed E-state index contributed by atoms with van der Waals surface area (Å²) in [6.07, 6.45) is 3.97. The molecule has 2 aromatic rings. The van der Waals surface area contributed by atoms with Gasteiger partial charge in [-0.05, 0) is 48.9 Å². The Hall–Kier alpha value is -1.85. The van der Waals surface area contributed by atoms with E-state index in [1.165, 1.54) is 12.8 Å². The molecule has 1 heterocycles. The predicted molar refractivity (Wildman–Crippen MR) is 95.7 cm³/mol. The van der Waals surface area contributed by atoms with Crippen molar-refractivity contribution in [3.63, 3.8) is 0 Å². The molecule has 24 heavy (non-hydrogen) atoms. The highest BCUT2D eigenvalue weighted by Gasteiger charge is 2.29. The fourth-order valence-corrected chi connectivity index (χ4v) is 3.00. The average molecular weight is 347 g/mol. The molecule has 3 N–H and O–H groups in total. The van der Waals surface area contributed by atoms with Crippen LogP contribution < -0.4 is 11.1 Å². The molecule has 1 aliphatic rings. The normalized spacial score (nSPS) is 15.5. The van der Waals surface area contributed by atoms with E-state index in [2.05, 4.69) is 24.3 Å². The van der Waals surface area contributed by atoms with Crippen molar-refractivity contribution >= 4 is 17.5 Å². The lowest BCUT2D eigenvalue weighted by Gasteiger charge is -2.14. The van der Waals surface area contributed by atoms with Crippen LogP contribution in [-0.2, 0) is 0 Å². The highest BCUT2D eigenvalue weighted by atomic mass is 35.5. The van der Waals surface area contributed by atoms with E-state index in [9.17, 15) is 4.79 Å². The molecule has 1 aromatic carbocycles. The number of nitrogens with two attached hydrogens (primary N) is 1. The summed E-state index contributed by atoms with van der Waals surface area (Å²) in [5.74, 6) is 0.600. The van der Waals surface area contributed by atoms with Crippen LogP contribution in [0, 0.1) is 5.92 Å². The van der Waals surface area contributed by atoms with Gasteiger partial charge in [0.05, 0.1) is 23.1 Å². The van der Waals surface area contributed by atoms with E-state index in [0.29, 0.717) is 23.0 Å². The smallest absolute Gasteiger partial charge is 0.254 e. The summed E-state index contributed by atoms with van der Waals surface area (Å²) in [7, 11) is 0. The van der Waals surface area contributed by atoms with Gasteiger partial charge in [0, 0.05) is 17.6 Å². The first kappa shape index (κ1) is 17.0. The minimum atomic E-state index is -0.116. The van der Waals surface area contributed by atoms with Crippen molar-refractivity contribution in [2.24, 2.45) is 11.7 Å². The number of halogens is 1. The van der Waals surface area contributed by atoms with E-state index in [-0.39, 0.29) is 17.9 Å². The Kier molecular flexibility index (Phi) is 4.92. The molecule has 1 amide bonds. The minimum absolute atomic E-state index is 0.0442. The monoisotopic (exact) mass is 346 g/mol. The number of nitrogens with zero attached hydrogens (tertiary/aromatic N) is 2. The first-order chi connectivity index (χ1) is 11.5. The molecule has 0 radical (unpaired) electrons. The van der Waals surface area contributed by atoms with E-state index < -0.39 is 0 Å². The molecule has 5 nitrogen and oxygen atoms in total. The van der Waals surface area contributed by atoms with E-state index in [4.69, 9.17) is 17.3 Å². The molecule has 1 saturated carbocycles. The van der Waals surface area contributed by atoms with Crippen molar-refractivity contribution in [1.29, 1.82) is 0 Å². The first-order valence-corrected chi connectivity index (χ1v) is 8.72. The molecule has 1 fully saturated rings. The zero-order valence-electron chi connectivity index (χ0n) is 14.0. The largest absolute Gasteiger partial charge is 0.350 e. The maximum absolute atomic E-state index is 12.6. The van der Waals surface area contributed by atoms with Crippen molar-refractivity contribution in [3.8, 4) is 5.69 Å². The fraction of sp³-hybridized carbons (Fsp3) is 0.444. The Morgan fingerprint density at radius 3 is 2.62 bits per heavy atom. The Bertz CT molecular complexity index is 719. The molecule has 128 valence electrons. The van der Waals surface area contributed by atoms with Crippen LogP contribution in [0.2, 0.25) is 5.02 Å². The highest BCUT2D eigenvalue weighted by molar-refractivity contribution is 6.30. The molecular formula is C18H23ClN4O. The van der Waals surface area contributed by atoms with Gasteiger partial charge in [-0.3, -0.25) is 4.79 Å². The molecule has 0 bridgehead atoms. The number of aromatic nitrogens is 2. The summed E-state index contributed by atoms with van der Waals surface area (Å²) < 4.78 is 1.80. The van der Waals surface area contributed by atoms with Gasteiger partial charge in [0.1, 0.15) is 0 Å². The third kappa shape index (κ3) is 3.62. The first-order valence-electron chi connectivity index (χ1n) is 8.35. The van der Waals surface area contributed by atoms with Crippen LogP contribution in [0.3, 0.4) is 0 Å². The van der Waals surface area contributed by atoms with E-state index in [1.807, 2.05) is 24.3 Å². The van der Waals surface area contributed by atoms with Crippen molar-refractivity contribution < 1.29 is 4.79 Å². The van der Waals surface area contributed by atoms with Crippen LogP contribution in [0.25, 0.3) is 5.69 Å². The van der Waals surface area contributed by atoms with Crippen LogP contribution in [0.4, 0.5) is 0 Å². The predicted octanol–water partition coefficient (Wildman–Crippen LogP) is 3.12. The maximum Gasteiger partial charge on any atom is 0.254 e. The average Bonchev–Trinajstić information content (AvgIpc) is 3.31. The van der Waals surface area contributed by atoms with Gasteiger partial charge < -0.3 is 11.1 Å². The number of benzene rings is 1. The van der Waals surface area contributed by atoms with Crippen LogP contribution in [-0.4, -0.2) is 28.3 Å². The lowest BCUT2D eigenvalue weighted by Crippen LogP contribution is -2.38. The summed E-state index contributed by atoms with van der Waals surface area (Å²) in [6, 6.07) is 7.47. The molecular weight excluding hydrogens is 324 g/mol. The zero-order valence-corrected chi connectivity index (χ0v) is 14.8. The zero-order chi connectivity index (χ0) is 17.3. The van der Waals surface area contributed by atoms with Crippen molar-refractivity contribution in [3.05, 3.63) is 46.7 Å². The molecule has 1 aliphatic carbocycles. The van der Waals surface area contributed by atoms with Gasteiger partial charge in [0.25, 0.3) is 5.91 Å². The Balaban J connectivity index is 1.82. The van der Waals surface area contributed by atoms with Gasteiger partial charge in [-0.1, -0.05) is 25.4 Å². The number of carbonyl (C=O) groups excluding carboxylic acids is 1. The number of amides is 1. The van der Waals surface area contributed by atoms with Crippen molar-refractivity contribution in [1.82, 2.24) is 15.1 Å². The maximum atomic E-state index is 12.6. The number of carbonyl (C=O) groups is 1. The van der Waals surface area contributed by atoms with Crippen LogP contribution in [0.5, 0.6) is 0 Å². The SMILES string of the molecule is CC(C)c1c(C(=O)NCC(N)C2CC2)cnn1-c1ccc(Cl)cc1. The van der Waals surface area contributed by atoms with E-state index >= 15 is 0 Å². The lowest BCUT2D eigenvalue weighted by atomic mass is 10.0. The third-order valence-electron chi connectivity index (χ3n) is 4.39. The molecule has 3 rings (SSSR count). The van der Waals surface area contributed by atoms with Crippen LogP contribution in [0.1, 0.15) is 48.7 Å². The number of nitrogens with one attached hydrogen (secondary N) is 1. The molecule has 1 atom stereocenters. The van der Waals surface area contributed by atoms with Gasteiger partial charge in [-0.2, -0.15) is 5.10 Å². The number of rotatable bonds is 6. The molecule has 6 heteroatoms. The summed E-state index contributed by atoms with van der Waals surface area (Å²) in [5, 5.41) is 8.04. The highest BCUT2D eigenvalue weighted by Crippen LogP contribution is 2.31. The Labute approximate surface area is 147 Å². The minimum Gasteiger partial charge on any atom is -0.350 e. The Morgan fingerprint density at radius 2 is 2.04 bits per heavy atom. The van der Waals surface area contributed by atoms with Gasteiger partial charge in [0.2, 0.25) is 0 Å². The second kappa shape index (κ2) is 6.95. The summed E-state index contributed by atoms with van der Waals surface area (Å²) in [4.78, 5) is 12.6. The van der Waals surface area contributed by atoms with Crippen LogP contribution >= 0.6 is 11.6 Å². The Morgan fingerprint density at radius 1 is 1.38 bits per heavy atom. The molecule has 1 unspecified atom stereocenters. The summed E-state index contributed by atoms with van der Waals surface area (Å²) in [6.45, 7) is 4.61. The second-order valence-corrected chi connectivity index (χ2v) is 7.13. The van der Waals surface area contributed by atoms with Gasteiger partial charge in [0.15, 0.2) is 0 Å². The standard InChI is InChI=1S/C18H23ClN4O/c1-11(2)17-15(18(24)21-10-16(20)12-3-4-12)9-22-23(17)14-7-5-13(19)6-8-14/h5-9,11-12,16H,3-4,10,20H2,1-2H3,(H,21,24). The lowest BCUT2D eigenvalue weighted by molar-refractivity contribution is 0.0949. The van der Waals surface area contributed by atoms with Crippen molar-refractivity contribution in [2.45, 2.75) is 38.6 Å². The second-order valence-electron chi connectivity index (χ2n) is 6.70. The summed E-state index contributed by atoms with van der Waals surface area (Å²) >= 11 is 5.95. The fourth-order valence-electron chi connectivity index (χ4n) is 2.87. The molecule has 0 spiro atoms. The summed E-state index contributed by atoms with van der Waals surface area (Å²) in [5.41, 5.74) is 8.44. The number of hydrogen-bond acceptors (Lipinski definition) is 3. The van der Waals surface area contributed by atoms with Crippen molar-refractivity contribution in [2.75, 3.05) is 6.54 Å². The van der Waals surface area contributed by atoms with E-state index in [0.717, 1.165) is 11.4 Å². The third-order valence-corrected chi connectivity index (χ3v) is 4.65. The quantitative estimate of drug-likeness (QED) is 0.844. The van der Waals surface area contributed by atoms with Gasteiger partial charge >= 0.3 is 0 Å². The number of hydrogen-bond donors (Lipinski definition) is 2. The molecule has 0 aliphatic heterocycles. The van der Waals surface area contributed by atoms with E-state index in [1.54, 1.807) is 10.9 Å². The van der Waals surface area contributed by atoms with Crippen LogP contribution in [0.15, 0.2) is 30.5 Å².